The molecule has 0 spiro atoms. The van der Waals surface area contributed by atoms with Crippen molar-refractivity contribution >= 4 is 5.91 Å². The van der Waals surface area contributed by atoms with Gasteiger partial charge in [0.1, 0.15) is 5.75 Å². The maximum absolute atomic E-state index is 13.2. The first kappa shape index (κ1) is 21.8. The molecule has 0 aromatic heterocycles. The number of nitrogens with zero attached hydrogens (tertiary/aromatic N) is 2. The van der Waals surface area contributed by atoms with Gasteiger partial charge in [0.15, 0.2) is 0 Å². The van der Waals surface area contributed by atoms with Crippen molar-refractivity contribution in [2.75, 3.05) is 39.3 Å². The van der Waals surface area contributed by atoms with E-state index in [4.69, 9.17) is 4.74 Å². The maximum atomic E-state index is 13.2. The van der Waals surface area contributed by atoms with Crippen LogP contribution in [0.5, 0.6) is 5.75 Å². The Balaban J connectivity index is 1.22. The van der Waals surface area contributed by atoms with Crippen LogP contribution in [0.4, 0.5) is 0 Å². The van der Waals surface area contributed by atoms with E-state index in [1.807, 2.05) is 30.3 Å². The highest BCUT2D eigenvalue weighted by molar-refractivity contribution is 5.95. The second-order valence-corrected chi connectivity index (χ2v) is 8.69. The van der Waals surface area contributed by atoms with E-state index in [0.717, 1.165) is 56.8 Å². The third kappa shape index (κ3) is 6.31. The van der Waals surface area contributed by atoms with Gasteiger partial charge in [-0.3, -0.25) is 4.79 Å². The number of rotatable bonds is 10. The first-order valence-electron chi connectivity index (χ1n) is 11.8. The van der Waals surface area contributed by atoms with Crippen molar-refractivity contribution in [2.45, 2.75) is 44.7 Å². The molecule has 5 heteroatoms. The Labute approximate surface area is 186 Å². The minimum absolute atomic E-state index is 0.150. The van der Waals surface area contributed by atoms with Crippen LogP contribution < -0.4 is 10.1 Å². The quantitative estimate of drug-likeness (QED) is 0.590. The largest absolute Gasteiger partial charge is 0.494 e. The molecule has 1 amide bonds. The van der Waals surface area contributed by atoms with Crippen LogP contribution in [0.25, 0.3) is 0 Å². The van der Waals surface area contributed by atoms with Crippen LogP contribution in [0.15, 0.2) is 54.6 Å². The van der Waals surface area contributed by atoms with Crippen molar-refractivity contribution < 1.29 is 9.53 Å². The van der Waals surface area contributed by atoms with E-state index in [1.165, 1.54) is 31.5 Å². The van der Waals surface area contributed by atoms with Gasteiger partial charge in [-0.1, -0.05) is 36.4 Å². The van der Waals surface area contributed by atoms with Gasteiger partial charge >= 0.3 is 0 Å². The summed E-state index contributed by atoms with van der Waals surface area (Å²) in [6.45, 7) is 6.68. The molecule has 2 aromatic rings. The number of carbonyl (C=O) groups is 1. The molecule has 2 aliphatic rings. The van der Waals surface area contributed by atoms with Gasteiger partial charge < -0.3 is 19.9 Å². The summed E-state index contributed by atoms with van der Waals surface area (Å²) in [4.78, 5) is 17.8. The first-order chi connectivity index (χ1) is 15.3. The van der Waals surface area contributed by atoms with Gasteiger partial charge in [-0.2, -0.15) is 0 Å². The van der Waals surface area contributed by atoms with Crippen molar-refractivity contribution in [3.8, 4) is 5.75 Å². The number of hydrogen-bond acceptors (Lipinski definition) is 4. The summed E-state index contributed by atoms with van der Waals surface area (Å²) in [7, 11) is 0. The maximum Gasteiger partial charge on any atom is 0.254 e. The molecule has 1 N–H and O–H groups in total. The smallest absolute Gasteiger partial charge is 0.254 e. The van der Waals surface area contributed by atoms with E-state index in [-0.39, 0.29) is 5.91 Å². The summed E-state index contributed by atoms with van der Waals surface area (Å²) in [5.74, 6) is 0.931. The molecule has 2 fully saturated rings. The van der Waals surface area contributed by atoms with Crippen molar-refractivity contribution in [3.05, 3.63) is 65.7 Å². The number of nitrogens with one attached hydrogen (secondary N) is 1. The Morgan fingerprint density at radius 3 is 2.68 bits per heavy atom. The van der Waals surface area contributed by atoms with Crippen molar-refractivity contribution in [1.82, 2.24) is 15.1 Å². The van der Waals surface area contributed by atoms with E-state index in [2.05, 4.69) is 39.4 Å². The normalized spacial score (nSPS) is 19.1. The predicted octanol–water partition coefficient (Wildman–Crippen LogP) is 3.95. The van der Waals surface area contributed by atoms with Crippen molar-refractivity contribution in [3.63, 3.8) is 0 Å². The molecule has 166 valence electrons. The monoisotopic (exact) mass is 421 g/mol. The highest BCUT2D eigenvalue weighted by Crippen LogP contribution is 2.24. The molecule has 0 radical (unpaired) electrons. The van der Waals surface area contributed by atoms with Gasteiger partial charge in [-0.25, -0.2) is 0 Å². The summed E-state index contributed by atoms with van der Waals surface area (Å²) < 4.78 is 5.93. The van der Waals surface area contributed by atoms with Gasteiger partial charge in [0.05, 0.1) is 6.61 Å². The van der Waals surface area contributed by atoms with Gasteiger partial charge in [0.25, 0.3) is 5.91 Å². The number of amides is 1. The third-order valence-electron chi connectivity index (χ3n) is 6.33. The molecular weight excluding hydrogens is 386 g/mol. The zero-order chi connectivity index (χ0) is 21.3. The molecule has 2 aromatic carbocycles. The molecule has 2 heterocycles. The predicted molar refractivity (Wildman–Crippen MR) is 124 cm³/mol. The Hall–Kier alpha value is -2.37. The average Bonchev–Trinajstić information content (AvgIpc) is 3.49. The molecule has 31 heavy (non-hydrogen) atoms. The number of likely N-dealkylation sites (tertiary alicyclic amines) is 2. The van der Waals surface area contributed by atoms with Crippen LogP contribution >= 0.6 is 0 Å². The summed E-state index contributed by atoms with van der Waals surface area (Å²) >= 11 is 0. The summed E-state index contributed by atoms with van der Waals surface area (Å²) in [5, 5.41) is 3.44. The molecule has 0 aliphatic carbocycles. The minimum atomic E-state index is 0.150. The van der Waals surface area contributed by atoms with Gasteiger partial charge in [0, 0.05) is 31.2 Å². The molecule has 2 aliphatic heterocycles. The van der Waals surface area contributed by atoms with Gasteiger partial charge in [0.2, 0.25) is 0 Å². The number of carbonyl (C=O) groups excluding carboxylic acids is 1. The SMILES string of the molecule is O=C(c1cccc(OCCCNCc2ccccc2)c1)N1CCC[C@H]1CN1CCCC1. The van der Waals surface area contributed by atoms with E-state index in [0.29, 0.717) is 12.6 Å². The zero-order valence-electron chi connectivity index (χ0n) is 18.5. The number of benzene rings is 2. The van der Waals surface area contributed by atoms with Crippen LogP contribution in [0, 0.1) is 0 Å². The van der Waals surface area contributed by atoms with E-state index in [9.17, 15) is 4.79 Å². The Kier molecular flexibility index (Phi) is 7.97. The fourth-order valence-electron chi connectivity index (χ4n) is 4.66. The number of ether oxygens (including phenoxy) is 1. The van der Waals surface area contributed by atoms with Gasteiger partial charge in [-0.05, 0) is 75.5 Å². The summed E-state index contributed by atoms with van der Waals surface area (Å²) in [6, 6.07) is 18.5. The van der Waals surface area contributed by atoms with Crippen LogP contribution in [-0.4, -0.2) is 61.1 Å². The molecule has 0 unspecified atom stereocenters. The van der Waals surface area contributed by atoms with E-state index in [1.54, 1.807) is 0 Å². The second kappa shape index (κ2) is 11.3. The first-order valence-corrected chi connectivity index (χ1v) is 11.8. The highest BCUT2D eigenvalue weighted by atomic mass is 16.5. The summed E-state index contributed by atoms with van der Waals surface area (Å²) in [5.41, 5.74) is 2.03. The summed E-state index contributed by atoms with van der Waals surface area (Å²) in [6.07, 6.45) is 5.74. The lowest BCUT2D eigenvalue weighted by molar-refractivity contribution is 0.0708. The molecule has 5 nitrogen and oxygen atoms in total. The van der Waals surface area contributed by atoms with E-state index >= 15 is 0 Å². The second-order valence-electron chi connectivity index (χ2n) is 8.69. The lowest BCUT2D eigenvalue weighted by Gasteiger charge is -2.28. The van der Waals surface area contributed by atoms with Crippen molar-refractivity contribution in [1.29, 1.82) is 0 Å². The lowest BCUT2D eigenvalue weighted by Crippen LogP contribution is -2.42. The highest BCUT2D eigenvalue weighted by Gasteiger charge is 2.31. The van der Waals surface area contributed by atoms with E-state index < -0.39 is 0 Å². The van der Waals surface area contributed by atoms with Gasteiger partial charge in [-0.15, -0.1) is 0 Å². The zero-order valence-corrected chi connectivity index (χ0v) is 18.5. The Morgan fingerprint density at radius 1 is 1.00 bits per heavy atom. The van der Waals surface area contributed by atoms with Crippen molar-refractivity contribution in [2.24, 2.45) is 0 Å². The molecule has 1 atom stereocenters. The standard InChI is InChI=1S/C26H35N3O2/c30-26(29-17-7-12-24(29)21-28-15-4-5-16-28)23-11-6-13-25(19-23)31-18-8-14-27-20-22-9-2-1-3-10-22/h1-3,6,9-11,13,19,24,27H,4-5,7-8,12,14-18,20-21H2/t24-/m0/s1. The fourth-order valence-corrected chi connectivity index (χ4v) is 4.66. The van der Waals surface area contributed by atoms with Crippen LogP contribution in [-0.2, 0) is 6.54 Å². The lowest BCUT2D eigenvalue weighted by atomic mass is 10.1. The molecule has 0 saturated carbocycles. The molecule has 2 saturated heterocycles. The van der Waals surface area contributed by atoms with Crippen LogP contribution in [0.1, 0.15) is 48.0 Å². The Morgan fingerprint density at radius 2 is 1.84 bits per heavy atom. The Bertz CT molecular complexity index is 820. The van der Waals surface area contributed by atoms with Crippen LogP contribution in [0.2, 0.25) is 0 Å². The topological polar surface area (TPSA) is 44.8 Å². The minimum Gasteiger partial charge on any atom is -0.494 e. The third-order valence-corrected chi connectivity index (χ3v) is 6.33. The number of hydrogen-bond donors (Lipinski definition) is 1. The van der Waals surface area contributed by atoms with Crippen LogP contribution in [0.3, 0.4) is 0 Å². The molecule has 0 bridgehead atoms. The molecule has 4 rings (SSSR count). The average molecular weight is 422 g/mol. The fraction of sp³-hybridized carbons (Fsp3) is 0.500. The molecular formula is C26H35N3O2.